The van der Waals surface area contributed by atoms with Crippen LogP contribution in [0.3, 0.4) is 0 Å². The Bertz CT molecular complexity index is 463. The number of carbonyl (C=O) groups is 1. The van der Waals surface area contributed by atoms with Gasteiger partial charge in [-0.25, -0.2) is 0 Å². The van der Waals surface area contributed by atoms with Gasteiger partial charge >= 0.3 is 0 Å². The number of anilines is 1. The quantitative estimate of drug-likeness (QED) is 0.852. The number of amides is 1. The topological polar surface area (TPSA) is 67.8 Å². The number of ether oxygens (including phenoxy) is 2. The molecule has 2 rings (SSSR count). The van der Waals surface area contributed by atoms with Crippen LogP contribution in [0.5, 0.6) is 11.5 Å². The number of aliphatic hydroxyl groups excluding tert-OH is 1. The van der Waals surface area contributed by atoms with E-state index in [1.54, 1.807) is 32.4 Å². The molecule has 2 N–H and O–H groups in total. The average Bonchev–Trinajstić information content (AvgIpc) is 2.38. The minimum atomic E-state index is -0.631. The molecule has 1 aliphatic rings. The molecule has 5 nitrogen and oxygen atoms in total. The van der Waals surface area contributed by atoms with Crippen molar-refractivity contribution in [1.82, 2.24) is 0 Å². The van der Waals surface area contributed by atoms with Gasteiger partial charge in [-0.1, -0.05) is 6.42 Å². The third-order valence-corrected chi connectivity index (χ3v) is 3.75. The average molecular weight is 265 g/mol. The van der Waals surface area contributed by atoms with Crippen molar-refractivity contribution >= 4 is 11.6 Å². The molecule has 0 bridgehead atoms. The first-order valence-corrected chi connectivity index (χ1v) is 6.29. The lowest BCUT2D eigenvalue weighted by Crippen LogP contribution is -2.44. The van der Waals surface area contributed by atoms with Crippen molar-refractivity contribution in [3.05, 3.63) is 18.2 Å². The second-order valence-electron chi connectivity index (χ2n) is 4.81. The number of hydrogen-bond acceptors (Lipinski definition) is 4. The van der Waals surface area contributed by atoms with Crippen molar-refractivity contribution in [3.8, 4) is 11.5 Å². The highest BCUT2D eigenvalue weighted by molar-refractivity contribution is 5.97. The SMILES string of the molecule is COc1ccc(OC)c(NC(=O)C2(CO)CCC2)c1. The van der Waals surface area contributed by atoms with E-state index in [-0.39, 0.29) is 12.5 Å². The molecule has 0 spiro atoms. The van der Waals surface area contributed by atoms with Crippen LogP contribution in [-0.4, -0.2) is 31.8 Å². The number of benzene rings is 1. The molecular formula is C14H19NO4. The van der Waals surface area contributed by atoms with E-state index in [0.717, 1.165) is 19.3 Å². The van der Waals surface area contributed by atoms with Crippen molar-refractivity contribution < 1.29 is 19.4 Å². The number of carbonyl (C=O) groups excluding carboxylic acids is 1. The summed E-state index contributed by atoms with van der Waals surface area (Å²) in [5, 5.41) is 12.2. The summed E-state index contributed by atoms with van der Waals surface area (Å²) >= 11 is 0. The van der Waals surface area contributed by atoms with Gasteiger partial charge in [0.2, 0.25) is 5.91 Å². The van der Waals surface area contributed by atoms with Crippen LogP contribution < -0.4 is 14.8 Å². The molecule has 1 aliphatic carbocycles. The zero-order valence-corrected chi connectivity index (χ0v) is 11.2. The van der Waals surface area contributed by atoms with E-state index in [2.05, 4.69) is 5.32 Å². The molecule has 0 unspecified atom stereocenters. The molecule has 0 aromatic heterocycles. The minimum absolute atomic E-state index is 0.120. The van der Waals surface area contributed by atoms with Gasteiger partial charge in [0.15, 0.2) is 0 Å². The summed E-state index contributed by atoms with van der Waals surface area (Å²) < 4.78 is 10.3. The molecule has 1 aromatic rings. The number of hydrogen-bond donors (Lipinski definition) is 2. The molecule has 1 saturated carbocycles. The Morgan fingerprint density at radius 1 is 1.37 bits per heavy atom. The Morgan fingerprint density at radius 2 is 2.11 bits per heavy atom. The van der Waals surface area contributed by atoms with Crippen LogP contribution >= 0.6 is 0 Å². The van der Waals surface area contributed by atoms with Gasteiger partial charge < -0.3 is 19.9 Å². The van der Waals surface area contributed by atoms with Crippen LogP contribution in [0.25, 0.3) is 0 Å². The lowest BCUT2D eigenvalue weighted by atomic mass is 9.68. The van der Waals surface area contributed by atoms with Gasteiger partial charge in [-0.2, -0.15) is 0 Å². The fraction of sp³-hybridized carbons (Fsp3) is 0.500. The summed E-state index contributed by atoms with van der Waals surface area (Å²) in [5.41, 5.74) is -0.0692. The van der Waals surface area contributed by atoms with E-state index in [0.29, 0.717) is 17.2 Å². The molecule has 0 saturated heterocycles. The smallest absolute Gasteiger partial charge is 0.233 e. The van der Waals surface area contributed by atoms with Crippen LogP contribution in [-0.2, 0) is 4.79 Å². The summed E-state index contributed by atoms with van der Waals surface area (Å²) in [6.07, 6.45) is 2.42. The van der Waals surface area contributed by atoms with Gasteiger partial charge in [0.1, 0.15) is 11.5 Å². The van der Waals surface area contributed by atoms with Crippen LogP contribution in [0.2, 0.25) is 0 Å². The van der Waals surface area contributed by atoms with Crippen LogP contribution in [0.1, 0.15) is 19.3 Å². The van der Waals surface area contributed by atoms with Crippen molar-refractivity contribution in [3.63, 3.8) is 0 Å². The second-order valence-corrected chi connectivity index (χ2v) is 4.81. The normalized spacial score (nSPS) is 16.4. The number of nitrogens with one attached hydrogen (secondary N) is 1. The molecule has 0 heterocycles. The predicted octanol–water partition coefficient (Wildman–Crippen LogP) is 1.80. The molecule has 0 aliphatic heterocycles. The molecule has 0 atom stereocenters. The molecule has 5 heteroatoms. The van der Waals surface area contributed by atoms with Crippen LogP contribution in [0.4, 0.5) is 5.69 Å². The monoisotopic (exact) mass is 265 g/mol. The second kappa shape index (κ2) is 5.48. The van der Waals surface area contributed by atoms with E-state index in [1.807, 2.05) is 0 Å². The van der Waals surface area contributed by atoms with Gasteiger partial charge in [-0.3, -0.25) is 4.79 Å². The summed E-state index contributed by atoms with van der Waals surface area (Å²) in [6.45, 7) is -0.120. The number of methoxy groups -OCH3 is 2. The molecule has 1 amide bonds. The standard InChI is InChI=1S/C14H19NO4/c1-18-10-4-5-12(19-2)11(8-10)15-13(17)14(9-16)6-3-7-14/h4-5,8,16H,3,6-7,9H2,1-2H3,(H,15,17). The Hall–Kier alpha value is -1.75. The first-order valence-electron chi connectivity index (χ1n) is 6.29. The van der Waals surface area contributed by atoms with Crippen LogP contribution in [0.15, 0.2) is 18.2 Å². The third-order valence-electron chi connectivity index (χ3n) is 3.75. The largest absolute Gasteiger partial charge is 0.497 e. The van der Waals surface area contributed by atoms with E-state index < -0.39 is 5.41 Å². The summed E-state index contributed by atoms with van der Waals surface area (Å²) in [5.74, 6) is 1.05. The fourth-order valence-corrected chi connectivity index (χ4v) is 2.23. The van der Waals surface area contributed by atoms with Gasteiger partial charge in [-0.05, 0) is 25.0 Å². The minimum Gasteiger partial charge on any atom is -0.497 e. The zero-order valence-electron chi connectivity index (χ0n) is 11.2. The van der Waals surface area contributed by atoms with Crippen molar-refractivity contribution in [1.29, 1.82) is 0 Å². The van der Waals surface area contributed by atoms with Crippen molar-refractivity contribution in [2.75, 3.05) is 26.1 Å². The molecule has 0 radical (unpaired) electrons. The molecule has 1 fully saturated rings. The molecule has 19 heavy (non-hydrogen) atoms. The molecule has 1 aromatic carbocycles. The first kappa shape index (κ1) is 13.7. The maximum absolute atomic E-state index is 12.2. The number of aliphatic hydroxyl groups is 1. The van der Waals surface area contributed by atoms with Gasteiger partial charge in [0.05, 0.1) is 31.9 Å². The fourth-order valence-electron chi connectivity index (χ4n) is 2.23. The van der Waals surface area contributed by atoms with Gasteiger partial charge in [0, 0.05) is 6.07 Å². The Kier molecular flexibility index (Phi) is 3.95. The Labute approximate surface area is 112 Å². The Balaban J connectivity index is 2.19. The number of rotatable bonds is 5. The summed E-state index contributed by atoms with van der Waals surface area (Å²) in [4.78, 5) is 12.2. The Morgan fingerprint density at radius 3 is 2.58 bits per heavy atom. The summed E-state index contributed by atoms with van der Waals surface area (Å²) in [6, 6.07) is 5.21. The predicted molar refractivity (Wildman–Crippen MR) is 71.5 cm³/mol. The van der Waals surface area contributed by atoms with Crippen molar-refractivity contribution in [2.45, 2.75) is 19.3 Å². The van der Waals surface area contributed by atoms with E-state index >= 15 is 0 Å². The lowest BCUT2D eigenvalue weighted by Gasteiger charge is -2.38. The van der Waals surface area contributed by atoms with Gasteiger partial charge in [0.25, 0.3) is 0 Å². The highest BCUT2D eigenvalue weighted by atomic mass is 16.5. The highest BCUT2D eigenvalue weighted by Crippen LogP contribution is 2.42. The van der Waals surface area contributed by atoms with E-state index in [1.165, 1.54) is 0 Å². The molecular weight excluding hydrogens is 246 g/mol. The zero-order chi connectivity index (χ0) is 13.9. The van der Waals surface area contributed by atoms with E-state index in [4.69, 9.17) is 9.47 Å². The highest BCUT2D eigenvalue weighted by Gasteiger charge is 2.43. The summed E-state index contributed by atoms with van der Waals surface area (Å²) in [7, 11) is 3.11. The van der Waals surface area contributed by atoms with Gasteiger partial charge in [-0.15, -0.1) is 0 Å². The van der Waals surface area contributed by atoms with Crippen LogP contribution in [0, 0.1) is 5.41 Å². The third kappa shape index (κ3) is 2.51. The lowest BCUT2D eigenvalue weighted by molar-refractivity contribution is -0.133. The molecule has 104 valence electrons. The maximum Gasteiger partial charge on any atom is 0.233 e. The van der Waals surface area contributed by atoms with Crippen molar-refractivity contribution in [2.24, 2.45) is 5.41 Å². The maximum atomic E-state index is 12.2. The van der Waals surface area contributed by atoms with E-state index in [9.17, 15) is 9.90 Å². The first-order chi connectivity index (χ1) is 9.15.